The molecule has 0 amide bonds. The van der Waals surface area contributed by atoms with Crippen molar-refractivity contribution in [1.82, 2.24) is 15.0 Å². The number of hydrogen-bond donors (Lipinski definition) is 1. The Morgan fingerprint density at radius 1 is 1.10 bits per heavy atom. The number of ether oxygens (including phenoxy) is 1. The summed E-state index contributed by atoms with van der Waals surface area (Å²) in [7, 11) is 0. The maximum atomic E-state index is 12.1. The molecule has 0 aliphatic carbocycles. The summed E-state index contributed by atoms with van der Waals surface area (Å²) in [6.45, 7) is 1.92. The highest BCUT2D eigenvalue weighted by Gasteiger charge is 2.31. The van der Waals surface area contributed by atoms with Crippen molar-refractivity contribution in [3.05, 3.63) is 42.1 Å². The average molecular weight is 293 g/mol. The summed E-state index contributed by atoms with van der Waals surface area (Å²) < 4.78 is 40.1. The number of aromatic amines is 1. The molecule has 0 unspecified atom stereocenters. The van der Waals surface area contributed by atoms with Crippen molar-refractivity contribution >= 4 is 11.2 Å². The van der Waals surface area contributed by atoms with Crippen molar-refractivity contribution in [1.29, 1.82) is 0 Å². The third-order valence-electron chi connectivity index (χ3n) is 2.96. The van der Waals surface area contributed by atoms with Gasteiger partial charge >= 0.3 is 6.36 Å². The molecular formula is C14H10F3N3O. The van der Waals surface area contributed by atoms with Gasteiger partial charge in [0.15, 0.2) is 5.65 Å². The Morgan fingerprint density at radius 3 is 2.43 bits per heavy atom. The van der Waals surface area contributed by atoms with E-state index in [4.69, 9.17) is 0 Å². The Morgan fingerprint density at radius 2 is 1.81 bits per heavy atom. The van der Waals surface area contributed by atoms with Crippen LogP contribution in [0.2, 0.25) is 0 Å². The van der Waals surface area contributed by atoms with Gasteiger partial charge in [0, 0.05) is 11.8 Å². The van der Waals surface area contributed by atoms with Crippen LogP contribution in [0, 0.1) is 6.92 Å². The minimum absolute atomic E-state index is 0.267. The number of pyridine rings is 1. The quantitative estimate of drug-likeness (QED) is 0.781. The zero-order valence-electron chi connectivity index (χ0n) is 10.9. The molecule has 0 saturated carbocycles. The van der Waals surface area contributed by atoms with E-state index in [2.05, 4.69) is 19.7 Å². The maximum Gasteiger partial charge on any atom is 0.573 e. The Labute approximate surface area is 117 Å². The van der Waals surface area contributed by atoms with Crippen LogP contribution in [-0.4, -0.2) is 21.3 Å². The first kappa shape index (κ1) is 13.4. The molecule has 0 bridgehead atoms. The monoisotopic (exact) mass is 293 g/mol. The molecule has 0 atom stereocenters. The number of aryl methyl sites for hydroxylation is 1. The van der Waals surface area contributed by atoms with E-state index < -0.39 is 6.36 Å². The summed E-state index contributed by atoms with van der Waals surface area (Å²) in [5.74, 6) is 0.280. The highest BCUT2D eigenvalue weighted by atomic mass is 19.4. The smallest absolute Gasteiger partial charge is 0.406 e. The predicted molar refractivity (Wildman–Crippen MR) is 70.7 cm³/mol. The van der Waals surface area contributed by atoms with E-state index in [9.17, 15) is 13.2 Å². The molecule has 2 aromatic heterocycles. The van der Waals surface area contributed by atoms with E-state index in [1.165, 1.54) is 24.3 Å². The average Bonchev–Trinajstić information content (AvgIpc) is 2.83. The number of nitrogens with zero attached hydrogens (tertiary/aromatic N) is 2. The summed E-state index contributed by atoms with van der Waals surface area (Å²) in [5, 5.41) is 0. The molecule has 1 aromatic carbocycles. The van der Waals surface area contributed by atoms with Crippen LogP contribution in [-0.2, 0) is 0 Å². The fourth-order valence-electron chi connectivity index (χ4n) is 1.99. The second-order valence-electron chi connectivity index (χ2n) is 4.48. The van der Waals surface area contributed by atoms with Crippen molar-refractivity contribution < 1.29 is 17.9 Å². The number of alkyl halides is 3. The van der Waals surface area contributed by atoms with Gasteiger partial charge in [-0.1, -0.05) is 0 Å². The molecule has 0 fully saturated rings. The van der Waals surface area contributed by atoms with Crippen molar-refractivity contribution in [2.75, 3.05) is 0 Å². The van der Waals surface area contributed by atoms with Gasteiger partial charge in [-0.15, -0.1) is 13.2 Å². The van der Waals surface area contributed by atoms with Gasteiger partial charge in [0.25, 0.3) is 0 Å². The summed E-state index contributed by atoms with van der Waals surface area (Å²) in [6.07, 6.45) is -3.04. The van der Waals surface area contributed by atoms with Gasteiger partial charge in [-0.05, 0) is 42.8 Å². The number of halogens is 3. The third kappa shape index (κ3) is 2.81. The molecule has 1 N–H and O–H groups in total. The second-order valence-corrected chi connectivity index (χ2v) is 4.48. The van der Waals surface area contributed by atoms with Crippen LogP contribution in [0.1, 0.15) is 5.56 Å². The first-order valence-corrected chi connectivity index (χ1v) is 6.10. The number of fused-ring (bicyclic) bond motifs is 1. The predicted octanol–water partition coefficient (Wildman–Crippen LogP) is 3.83. The first-order chi connectivity index (χ1) is 9.92. The molecular weight excluding hydrogens is 283 g/mol. The zero-order valence-corrected chi connectivity index (χ0v) is 10.9. The van der Waals surface area contributed by atoms with Crippen LogP contribution in [0.3, 0.4) is 0 Å². The molecule has 21 heavy (non-hydrogen) atoms. The van der Waals surface area contributed by atoms with Crippen molar-refractivity contribution in [2.45, 2.75) is 13.3 Å². The van der Waals surface area contributed by atoms with Crippen LogP contribution in [0.4, 0.5) is 13.2 Å². The number of imidazole rings is 1. The summed E-state index contributed by atoms with van der Waals surface area (Å²) in [4.78, 5) is 11.6. The molecule has 0 saturated heterocycles. The first-order valence-electron chi connectivity index (χ1n) is 6.10. The maximum absolute atomic E-state index is 12.1. The summed E-state index contributed by atoms with van der Waals surface area (Å²) in [6, 6.07) is 7.36. The number of rotatable bonds is 2. The summed E-state index contributed by atoms with van der Waals surface area (Å²) in [5.41, 5.74) is 3.03. The van der Waals surface area contributed by atoms with Crippen molar-refractivity contribution in [3.63, 3.8) is 0 Å². The normalized spacial score (nSPS) is 11.8. The minimum atomic E-state index is -4.69. The van der Waals surface area contributed by atoms with Crippen LogP contribution in [0.25, 0.3) is 22.6 Å². The van der Waals surface area contributed by atoms with E-state index in [0.29, 0.717) is 17.0 Å². The fraction of sp³-hybridized carbons (Fsp3) is 0.143. The highest BCUT2D eigenvalue weighted by molar-refractivity contribution is 5.78. The van der Waals surface area contributed by atoms with Gasteiger partial charge in [0.1, 0.15) is 11.6 Å². The Hall–Kier alpha value is -2.57. The van der Waals surface area contributed by atoms with Crippen molar-refractivity contribution in [3.8, 4) is 17.1 Å². The van der Waals surface area contributed by atoms with Crippen LogP contribution in [0.5, 0.6) is 5.75 Å². The molecule has 2 heterocycles. The highest BCUT2D eigenvalue weighted by Crippen LogP contribution is 2.26. The van der Waals surface area contributed by atoms with Gasteiger partial charge in [0.2, 0.25) is 0 Å². The molecule has 3 rings (SSSR count). The molecule has 4 nitrogen and oxygen atoms in total. The van der Waals surface area contributed by atoms with Crippen LogP contribution >= 0.6 is 0 Å². The molecule has 3 aromatic rings. The summed E-state index contributed by atoms with van der Waals surface area (Å²) >= 11 is 0. The fourth-order valence-corrected chi connectivity index (χ4v) is 1.99. The number of benzene rings is 1. The number of hydrogen-bond acceptors (Lipinski definition) is 3. The van der Waals surface area contributed by atoms with E-state index in [1.54, 1.807) is 6.20 Å². The Kier molecular flexibility index (Phi) is 3.04. The van der Waals surface area contributed by atoms with Crippen LogP contribution in [0.15, 0.2) is 36.5 Å². The lowest BCUT2D eigenvalue weighted by Gasteiger charge is -2.08. The zero-order chi connectivity index (χ0) is 15.0. The number of nitrogens with one attached hydrogen (secondary N) is 1. The standard InChI is InChI=1S/C14H10F3N3O/c1-8-6-7-18-13-11(8)19-12(20-13)9-2-4-10(5-3-9)21-14(15,16)17/h2-7H,1H3,(H,18,19,20). The van der Waals surface area contributed by atoms with Crippen molar-refractivity contribution in [2.24, 2.45) is 0 Å². The second kappa shape index (κ2) is 4.76. The SMILES string of the molecule is Cc1ccnc2nc(-c3ccc(OC(F)(F)F)cc3)[nH]c12. The Bertz CT molecular complexity index is 778. The molecule has 0 aliphatic rings. The number of H-pyrrole nitrogens is 1. The Balaban J connectivity index is 1.94. The molecule has 0 radical (unpaired) electrons. The number of aromatic nitrogens is 3. The molecule has 108 valence electrons. The molecule has 7 heteroatoms. The van der Waals surface area contributed by atoms with Gasteiger partial charge in [0.05, 0.1) is 5.52 Å². The minimum Gasteiger partial charge on any atom is -0.406 e. The molecule has 0 spiro atoms. The van der Waals surface area contributed by atoms with Gasteiger partial charge in [-0.25, -0.2) is 9.97 Å². The van der Waals surface area contributed by atoms with Gasteiger partial charge in [-0.2, -0.15) is 0 Å². The lowest BCUT2D eigenvalue weighted by molar-refractivity contribution is -0.274. The topological polar surface area (TPSA) is 50.8 Å². The van der Waals surface area contributed by atoms with E-state index in [-0.39, 0.29) is 5.75 Å². The van der Waals surface area contributed by atoms with E-state index in [0.717, 1.165) is 11.1 Å². The molecule has 0 aliphatic heterocycles. The van der Waals surface area contributed by atoms with Crippen LogP contribution < -0.4 is 4.74 Å². The lowest BCUT2D eigenvalue weighted by atomic mass is 10.2. The van der Waals surface area contributed by atoms with E-state index in [1.807, 2.05) is 13.0 Å². The van der Waals surface area contributed by atoms with E-state index >= 15 is 0 Å². The van der Waals surface area contributed by atoms with Gasteiger partial charge in [-0.3, -0.25) is 0 Å². The third-order valence-corrected chi connectivity index (χ3v) is 2.96. The lowest BCUT2D eigenvalue weighted by Crippen LogP contribution is -2.16. The van der Waals surface area contributed by atoms with Gasteiger partial charge < -0.3 is 9.72 Å². The largest absolute Gasteiger partial charge is 0.573 e.